The largest absolute Gasteiger partial charge is 0.486 e. The molecule has 4 rings (SSSR count). The number of furan rings is 1. The Kier molecular flexibility index (Phi) is 3.69. The van der Waals surface area contributed by atoms with Crippen molar-refractivity contribution in [3.05, 3.63) is 76.7 Å². The van der Waals surface area contributed by atoms with E-state index in [1.54, 1.807) is 0 Å². The molecule has 1 aliphatic rings. The van der Waals surface area contributed by atoms with Crippen LogP contribution in [-0.2, 0) is 6.61 Å². The fraction of sp³-hybridized carbons (Fsp3) is 0.100. The van der Waals surface area contributed by atoms with Crippen LogP contribution in [0, 0.1) is 0 Å². The maximum atomic E-state index is 5.85. The van der Waals surface area contributed by atoms with Gasteiger partial charge >= 0.3 is 0 Å². The predicted molar refractivity (Wildman–Crippen MR) is 98.1 cm³/mol. The SMILES string of the molecule is C=C1C=C(C)c2ccc(OCc3cc4cc(Br)ccc4o3)cc2O1. The third-order valence-electron chi connectivity index (χ3n) is 3.91. The molecule has 0 fully saturated rings. The van der Waals surface area contributed by atoms with Gasteiger partial charge in [-0.25, -0.2) is 0 Å². The van der Waals surface area contributed by atoms with Crippen molar-refractivity contribution in [2.45, 2.75) is 13.5 Å². The first-order valence-electron chi connectivity index (χ1n) is 7.59. The topological polar surface area (TPSA) is 31.6 Å². The van der Waals surface area contributed by atoms with Crippen LogP contribution in [0.4, 0.5) is 0 Å². The summed E-state index contributed by atoms with van der Waals surface area (Å²) in [6, 6.07) is 13.7. The molecule has 120 valence electrons. The van der Waals surface area contributed by atoms with E-state index < -0.39 is 0 Å². The van der Waals surface area contributed by atoms with Crippen molar-refractivity contribution in [1.82, 2.24) is 0 Å². The molecule has 0 atom stereocenters. The number of hydrogen-bond acceptors (Lipinski definition) is 3. The summed E-state index contributed by atoms with van der Waals surface area (Å²) in [5.74, 6) is 2.92. The summed E-state index contributed by atoms with van der Waals surface area (Å²) in [4.78, 5) is 0. The standard InChI is InChI=1S/C20H15BrO3/c1-12-7-13(2)23-20-10-16(4-5-18(12)20)22-11-17-9-14-8-15(21)3-6-19(14)24-17/h3-10H,2,11H2,1H3. The Morgan fingerprint density at radius 3 is 2.88 bits per heavy atom. The minimum Gasteiger partial charge on any atom is -0.486 e. The van der Waals surface area contributed by atoms with Crippen molar-refractivity contribution in [3.8, 4) is 11.5 Å². The lowest BCUT2D eigenvalue weighted by Crippen LogP contribution is -2.02. The zero-order valence-electron chi connectivity index (χ0n) is 13.1. The first kappa shape index (κ1) is 15.1. The van der Waals surface area contributed by atoms with Gasteiger partial charge in [-0.1, -0.05) is 22.5 Å². The highest BCUT2D eigenvalue weighted by Crippen LogP contribution is 2.35. The number of allylic oxidation sites excluding steroid dienone is 2. The van der Waals surface area contributed by atoms with E-state index >= 15 is 0 Å². The Morgan fingerprint density at radius 1 is 1.12 bits per heavy atom. The van der Waals surface area contributed by atoms with Gasteiger partial charge < -0.3 is 13.9 Å². The second kappa shape index (κ2) is 5.87. The molecule has 1 aliphatic heterocycles. The van der Waals surface area contributed by atoms with E-state index in [9.17, 15) is 0 Å². The molecule has 0 aliphatic carbocycles. The molecule has 24 heavy (non-hydrogen) atoms. The zero-order valence-corrected chi connectivity index (χ0v) is 14.7. The summed E-state index contributed by atoms with van der Waals surface area (Å²) in [6.07, 6.45) is 1.93. The van der Waals surface area contributed by atoms with Gasteiger partial charge in [0.05, 0.1) is 0 Å². The smallest absolute Gasteiger partial charge is 0.146 e. The molecule has 3 aromatic rings. The predicted octanol–water partition coefficient (Wildman–Crippen LogP) is 6.08. The van der Waals surface area contributed by atoms with Gasteiger partial charge in [-0.2, -0.15) is 0 Å². The maximum absolute atomic E-state index is 5.85. The zero-order chi connectivity index (χ0) is 16.7. The first-order valence-corrected chi connectivity index (χ1v) is 8.38. The van der Waals surface area contributed by atoms with Crippen molar-refractivity contribution in [2.24, 2.45) is 0 Å². The van der Waals surface area contributed by atoms with E-state index in [0.717, 1.165) is 43.8 Å². The maximum Gasteiger partial charge on any atom is 0.146 e. The Morgan fingerprint density at radius 2 is 2.00 bits per heavy atom. The van der Waals surface area contributed by atoms with E-state index in [1.165, 1.54) is 0 Å². The molecule has 0 radical (unpaired) electrons. The van der Waals surface area contributed by atoms with E-state index in [2.05, 4.69) is 22.5 Å². The first-order chi connectivity index (χ1) is 11.6. The van der Waals surface area contributed by atoms with Gasteiger partial charge in [-0.05, 0) is 55.0 Å². The van der Waals surface area contributed by atoms with E-state index in [1.807, 2.05) is 55.5 Å². The van der Waals surface area contributed by atoms with Crippen molar-refractivity contribution >= 4 is 32.5 Å². The summed E-state index contributed by atoms with van der Waals surface area (Å²) >= 11 is 3.46. The van der Waals surface area contributed by atoms with Crippen LogP contribution in [-0.4, -0.2) is 0 Å². The summed E-state index contributed by atoms with van der Waals surface area (Å²) in [6.45, 7) is 6.26. The lowest BCUT2D eigenvalue weighted by Gasteiger charge is -2.18. The van der Waals surface area contributed by atoms with Crippen LogP contribution in [0.2, 0.25) is 0 Å². The van der Waals surface area contributed by atoms with Gasteiger partial charge in [0.2, 0.25) is 0 Å². The van der Waals surface area contributed by atoms with Gasteiger partial charge in [0, 0.05) is 21.5 Å². The Bertz CT molecular complexity index is 982. The molecular formula is C20H15BrO3. The number of halogens is 1. The lowest BCUT2D eigenvalue weighted by atomic mass is 10.0. The highest BCUT2D eigenvalue weighted by molar-refractivity contribution is 9.10. The van der Waals surface area contributed by atoms with Gasteiger partial charge in [-0.15, -0.1) is 0 Å². The van der Waals surface area contributed by atoms with Crippen LogP contribution in [0.5, 0.6) is 11.5 Å². The minimum absolute atomic E-state index is 0.362. The molecule has 0 saturated carbocycles. The van der Waals surface area contributed by atoms with Crippen LogP contribution in [0.3, 0.4) is 0 Å². The van der Waals surface area contributed by atoms with Crippen LogP contribution in [0.15, 0.2) is 69.8 Å². The number of benzene rings is 2. The third-order valence-corrected chi connectivity index (χ3v) is 4.40. The van der Waals surface area contributed by atoms with Gasteiger partial charge in [0.15, 0.2) is 0 Å². The highest BCUT2D eigenvalue weighted by atomic mass is 79.9. The number of hydrogen-bond donors (Lipinski definition) is 0. The number of rotatable bonds is 3. The molecule has 1 aromatic heterocycles. The van der Waals surface area contributed by atoms with Crippen LogP contribution >= 0.6 is 15.9 Å². The van der Waals surface area contributed by atoms with Gasteiger partial charge in [0.1, 0.15) is 35.2 Å². The average molecular weight is 383 g/mol. The molecule has 0 spiro atoms. The number of ether oxygens (including phenoxy) is 2. The van der Waals surface area contributed by atoms with E-state index in [4.69, 9.17) is 13.9 Å². The van der Waals surface area contributed by atoms with E-state index in [0.29, 0.717) is 12.4 Å². The molecule has 0 unspecified atom stereocenters. The highest BCUT2D eigenvalue weighted by Gasteiger charge is 2.14. The summed E-state index contributed by atoms with van der Waals surface area (Å²) in [5, 5.41) is 1.05. The summed E-state index contributed by atoms with van der Waals surface area (Å²) in [7, 11) is 0. The van der Waals surface area contributed by atoms with E-state index in [-0.39, 0.29) is 0 Å². The molecule has 4 heteroatoms. The normalized spacial score (nSPS) is 13.4. The van der Waals surface area contributed by atoms with Gasteiger partial charge in [0.25, 0.3) is 0 Å². The molecule has 3 nitrogen and oxygen atoms in total. The molecule has 2 heterocycles. The van der Waals surface area contributed by atoms with Crippen LogP contribution in [0.25, 0.3) is 16.5 Å². The molecule has 0 bridgehead atoms. The average Bonchev–Trinajstić information content (AvgIpc) is 2.94. The van der Waals surface area contributed by atoms with Crippen molar-refractivity contribution in [1.29, 1.82) is 0 Å². The Labute approximate surface area is 148 Å². The molecular weight excluding hydrogens is 368 g/mol. The second-order valence-electron chi connectivity index (χ2n) is 5.74. The fourth-order valence-electron chi connectivity index (χ4n) is 2.79. The Balaban J connectivity index is 1.54. The fourth-order valence-corrected chi connectivity index (χ4v) is 3.17. The van der Waals surface area contributed by atoms with Crippen LogP contribution < -0.4 is 9.47 Å². The van der Waals surface area contributed by atoms with Gasteiger partial charge in [-0.3, -0.25) is 0 Å². The van der Waals surface area contributed by atoms with Crippen LogP contribution in [0.1, 0.15) is 18.2 Å². The monoisotopic (exact) mass is 382 g/mol. The minimum atomic E-state index is 0.362. The summed E-state index contributed by atoms with van der Waals surface area (Å²) < 4.78 is 18.3. The van der Waals surface area contributed by atoms with Crippen molar-refractivity contribution < 1.29 is 13.9 Å². The second-order valence-corrected chi connectivity index (χ2v) is 6.65. The summed E-state index contributed by atoms with van der Waals surface area (Å²) in [5.41, 5.74) is 3.04. The molecule has 2 aromatic carbocycles. The van der Waals surface area contributed by atoms with Crippen molar-refractivity contribution in [2.75, 3.05) is 0 Å². The molecule has 0 N–H and O–H groups in total. The molecule has 0 amide bonds. The van der Waals surface area contributed by atoms with Crippen molar-refractivity contribution in [3.63, 3.8) is 0 Å². The number of fused-ring (bicyclic) bond motifs is 2. The third kappa shape index (κ3) is 2.85. The molecule has 0 saturated heterocycles. The lowest BCUT2D eigenvalue weighted by molar-refractivity contribution is 0.273. The Hall–Kier alpha value is -2.46. The quantitative estimate of drug-likeness (QED) is 0.549.